The van der Waals surface area contributed by atoms with Crippen LogP contribution in [-0.4, -0.2) is 5.91 Å². The lowest BCUT2D eigenvalue weighted by Gasteiger charge is -2.40. The van der Waals surface area contributed by atoms with E-state index in [0.29, 0.717) is 5.92 Å². The van der Waals surface area contributed by atoms with Gasteiger partial charge in [-0.2, -0.15) is 0 Å². The Morgan fingerprint density at radius 2 is 2.12 bits per heavy atom. The Balaban J connectivity index is 2.14. The average molecular weight is 215 g/mol. The number of fused-ring (bicyclic) bond motifs is 2. The van der Waals surface area contributed by atoms with Crippen LogP contribution in [0.5, 0.6) is 0 Å². The van der Waals surface area contributed by atoms with Crippen molar-refractivity contribution in [3.63, 3.8) is 0 Å². The van der Waals surface area contributed by atoms with E-state index in [9.17, 15) is 4.79 Å². The maximum absolute atomic E-state index is 12.0. The third-order valence-corrected chi connectivity index (χ3v) is 4.29. The number of carbonyl (C=O) groups is 1. The van der Waals surface area contributed by atoms with Crippen LogP contribution < -0.4 is 5.32 Å². The largest absolute Gasteiger partial charge is 0.342 e. The van der Waals surface area contributed by atoms with E-state index in [1.807, 2.05) is 18.2 Å². The monoisotopic (exact) mass is 215 g/mol. The van der Waals surface area contributed by atoms with Crippen molar-refractivity contribution in [1.82, 2.24) is 5.32 Å². The van der Waals surface area contributed by atoms with E-state index in [1.54, 1.807) is 0 Å². The zero-order chi connectivity index (χ0) is 11.2. The molecule has 2 aliphatic rings. The standard InChI is InChI=1S/C14H17NO/c1-10-6-4-5-9-14(10)12-8-3-2-7-11(12)13(16)15-14/h2-3,7-8,10H,4-6,9H2,1H3,(H,15,16). The Morgan fingerprint density at radius 1 is 1.31 bits per heavy atom. The molecule has 1 aromatic rings. The molecule has 0 aromatic heterocycles. The first-order chi connectivity index (χ1) is 7.74. The quantitative estimate of drug-likeness (QED) is 0.708. The molecule has 1 spiro atoms. The van der Waals surface area contributed by atoms with Crippen molar-refractivity contribution in [2.45, 2.75) is 38.1 Å². The number of benzene rings is 1. The number of rotatable bonds is 0. The zero-order valence-electron chi connectivity index (χ0n) is 9.62. The molecule has 0 saturated heterocycles. The first-order valence-electron chi connectivity index (χ1n) is 6.16. The summed E-state index contributed by atoms with van der Waals surface area (Å²) >= 11 is 0. The highest BCUT2D eigenvalue weighted by atomic mass is 16.2. The van der Waals surface area contributed by atoms with Gasteiger partial charge in [-0.15, -0.1) is 0 Å². The second-order valence-electron chi connectivity index (χ2n) is 5.12. The summed E-state index contributed by atoms with van der Waals surface area (Å²) in [6.07, 6.45) is 4.82. The average Bonchev–Trinajstić information content (AvgIpc) is 2.59. The summed E-state index contributed by atoms with van der Waals surface area (Å²) in [6, 6.07) is 8.06. The Morgan fingerprint density at radius 3 is 2.94 bits per heavy atom. The number of amides is 1. The topological polar surface area (TPSA) is 29.1 Å². The van der Waals surface area contributed by atoms with Crippen LogP contribution in [0.25, 0.3) is 0 Å². The minimum Gasteiger partial charge on any atom is -0.342 e. The third kappa shape index (κ3) is 1.16. The van der Waals surface area contributed by atoms with E-state index < -0.39 is 0 Å². The fraction of sp³-hybridized carbons (Fsp3) is 0.500. The van der Waals surface area contributed by atoms with Crippen LogP contribution in [0.15, 0.2) is 24.3 Å². The van der Waals surface area contributed by atoms with Crippen molar-refractivity contribution < 1.29 is 4.79 Å². The van der Waals surface area contributed by atoms with Crippen molar-refractivity contribution in [2.24, 2.45) is 5.92 Å². The van der Waals surface area contributed by atoms with Crippen molar-refractivity contribution >= 4 is 5.91 Å². The smallest absolute Gasteiger partial charge is 0.252 e. The molecule has 16 heavy (non-hydrogen) atoms. The second kappa shape index (κ2) is 3.34. The molecule has 1 aromatic carbocycles. The minimum atomic E-state index is -0.0636. The highest BCUT2D eigenvalue weighted by Gasteiger charge is 2.47. The second-order valence-corrected chi connectivity index (χ2v) is 5.12. The van der Waals surface area contributed by atoms with Crippen LogP contribution in [0.3, 0.4) is 0 Å². The van der Waals surface area contributed by atoms with E-state index in [4.69, 9.17) is 0 Å². The molecule has 1 fully saturated rings. The van der Waals surface area contributed by atoms with Gasteiger partial charge in [0.25, 0.3) is 5.91 Å². The van der Waals surface area contributed by atoms with Crippen molar-refractivity contribution in [2.75, 3.05) is 0 Å². The normalized spacial score (nSPS) is 32.6. The number of hydrogen-bond donors (Lipinski definition) is 1. The summed E-state index contributed by atoms with van der Waals surface area (Å²) in [7, 11) is 0. The van der Waals surface area contributed by atoms with Gasteiger partial charge >= 0.3 is 0 Å². The van der Waals surface area contributed by atoms with E-state index in [-0.39, 0.29) is 11.4 Å². The lowest BCUT2D eigenvalue weighted by Crippen LogP contribution is -2.46. The number of hydrogen-bond acceptors (Lipinski definition) is 1. The van der Waals surface area contributed by atoms with Crippen LogP contribution in [0.4, 0.5) is 0 Å². The Bertz CT molecular complexity index is 440. The van der Waals surface area contributed by atoms with Gasteiger partial charge in [-0.1, -0.05) is 38.0 Å². The van der Waals surface area contributed by atoms with Gasteiger partial charge in [0, 0.05) is 5.56 Å². The maximum atomic E-state index is 12.0. The van der Waals surface area contributed by atoms with Crippen LogP contribution in [0.1, 0.15) is 48.5 Å². The summed E-state index contributed by atoms with van der Waals surface area (Å²) in [6.45, 7) is 2.27. The van der Waals surface area contributed by atoms with Crippen molar-refractivity contribution in [3.8, 4) is 0 Å². The van der Waals surface area contributed by atoms with E-state index in [1.165, 1.54) is 24.8 Å². The van der Waals surface area contributed by atoms with E-state index in [0.717, 1.165) is 12.0 Å². The van der Waals surface area contributed by atoms with Crippen LogP contribution in [-0.2, 0) is 5.54 Å². The minimum absolute atomic E-state index is 0.0636. The van der Waals surface area contributed by atoms with Gasteiger partial charge in [-0.05, 0) is 30.4 Å². The van der Waals surface area contributed by atoms with Gasteiger partial charge in [0.05, 0.1) is 5.54 Å². The fourth-order valence-electron chi connectivity index (χ4n) is 3.34. The van der Waals surface area contributed by atoms with Gasteiger partial charge in [0.2, 0.25) is 0 Å². The van der Waals surface area contributed by atoms with Crippen LogP contribution >= 0.6 is 0 Å². The highest BCUT2D eigenvalue weighted by Crippen LogP contribution is 2.45. The van der Waals surface area contributed by atoms with Crippen molar-refractivity contribution in [3.05, 3.63) is 35.4 Å². The molecule has 1 saturated carbocycles. The SMILES string of the molecule is CC1CCCCC12NC(=O)c1ccccc12. The molecule has 1 heterocycles. The van der Waals surface area contributed by atoms with Crippen LogP contribution in [0, 0.1) is 5.92 Å². The van der Waals surface area contributed by atoms with Gasteiger partial charge in [-0.3, -0.25) is 4.79 Å². The summed E-state index contributed by atoms with van der Waals surface area (Å²) in [5, 5.41) is 3.25. The first kappa shape index (κ1) is 9.88. The molecule has 84 valence electrons. The molecule has 1 aliphatic carbocycles. The summed E-state index contributed by atoms with van der Waals surface area (Å²) in [5.41, 5.74) is 2.05. The summed E-state index contributed by atoms with van der Waals surface area (Å²) < 4.78 is 0. The Labute approximate surface area is 96.1 Å². The molecule has 2 nitrogen and oxygen atoms in total. The molecule has 2 unspecified atom stereocenters. The molecule has 2 atom stereocenters. The van der Waals surface area contributed by atoms with E-state index in [2.05, 4.69) is 18.3 Å². The lowest BCUT2D eigenvalue weighted by molar-refractivity contribution is 0.0859. The molecule has 1 N–H and O–H groups in total. The summed E-state index contributed by atoms with van der Waals surface area (Å²) in [4.78, 5) is 12.0. The van der Waals surface area contributed by atoms with Gasteiger partial charge < -0.3 is 5.32 Å². The molecule has 0 bridgehead atoms. The Hall–Kier alpha value is -1.31. The van der Waals surface area contributed by atoms with Gasteiger partial charge in [0.15, 0.2) is 0 Å². The molecular formula is C14H17NO. The van der Waals surface area contributed by atoms with Crippen LogP contribution in [0.2, 0.25) is 0 Å². The molecular weight excluding hydrogens is 198 g/mol. The number of nitrogens with one attached hydrogen (secondary N) is 1. The molecule has 0 radical (unpaired) electrons. The van der Waals surface area contributed by atoms with Crippen molar-refractivity contribution in [1.29, 1.82) is 0 Å². The van der Waals surface area contributed by atoms with Gasteiger partial charge in [0.1, 0.15) is 0 Å². The Kier molecular flexibility index (Phi) is 2.06. The van der Waals surface area contributed by atoms with E-state index >= 15 is 0 Å². The molecule has 1 aliphatic heterocycles. The molecule has 3 rings (SSSR count). The van der Waals surface area contributed by atoms with Gasteiger partial charge in [-0.25, -0.2) is 0 Å². The lowest BCUT2D eigenvalue weighted by atomic mass is 9.70. The first-order valence-corrected chi connectivity index (χ1v) is 6.16. The third-order valence-electron chi connectivity index (χ3n) is 4.29. The summed E-state index contributed by atoms with van der Waals surface area (Å²) in [5.74, 6) is 0.665. The number of carbonyl (C=O) groups excluding carboxylic acids is 1. The predicted molar refractivity (Wildman–Crippen MR) is 63.2 cm³/mol. The molecule has 2 heteroatoms. The predicted octanol–water partition coefficient (Wildman–Crippen LogP) is 2.84. The fourth-order valence-corrected chi connectivity index (χ4v) is 3.34. The maximum Gasteiger partial charge on any atom is 0.252 e. The highest BCUT2D eigenvalue weighted by molar-refractivity contribution is 6.00. The molecule has 1 amide bonds. The zero-order valence-corrected chi connectivity index (χ0v) is 9.62.